The maximum atomic E-state index is 11.3. The summed E-state index contributed by atoms with van der Waals surface area (Å²) < 4.78 is 6.24. The Bertz CT molecular complexity index is 887. The third-order valence-corrected chi connectivity index (χ3v) is 7.26. The third kappa shape index (κ3) is 2.17. The number of ether oxygens (including phenoxy) is 1. The number of rotatable bonds is 4. The van der Waals surface area contributed by atoms with E-state index in [1.165, 1.54) is 37.8 Å². The Balaban J connectivity index is 1.42. The molecule has 1 aromatic rings. The zero-order chi connectivity index (χ0) is 18.8. The van der Waals surface area contributed by atoms with Gasteiger partial charge in [-0.2, -0.15) is 5.10 Å². The van der Waals surface area contributed by atoms with Crippen molar-refractivity contribution >= 4 is 22.8 Å². The molecule has 1 N–H and O–H groups in total. The van der Waals surface area contributed by atoms with Gasteiger partial charge in [-0.15, -0.1) is 0 Å². The van der Waals surface area contributed by atoms with E-state index in [0.717, 1.165) is 31.0 Å². The summed E-state index contributed by atoms with van der Waals surface area (Å²) >= 11 is 0. The van der Waals surface area contributed by atoms with E-state index in [4.69, 9.17) is 4.74 Å². The summed E-state index contributed by atoms with van der Waals surface area (Å²) in [6.45, 7) is 0. The van der Waals surface area contributed by atoms with Crippen LogP contribution in [0.5, 0.6) is 0 Å². The van der Waals surface area contributed by atoms with Crippen LogP contribution >= 0.6 is 0 Å². The van der Waals surface area contributed by atoms with Crippen LogP contribution in [0.1, 0.15) is 44.9 Å². The summed E-state index contributed by atoms with van der Waals surface area (Å²) in [5, 5.41) is 26.6. The monoisotopic (exact) mass is 372 g/mol. The van der Waals surface area contributed by atoms with E-state index >= 15 is 0 Å². The number of hydrogen-bond acceptors (Lipinski definition) is 7. The zero-order valence-electron chi connectivity index (χ0n) is 14.7. The molecule has 9 heteroatoms. The van der Waals surface area contributed by atoms with Gasteiger partial charge in [0.1, 0.15) is 5.69 Å². The molecular formula is C18H20N4O5. The third-order valence-electron chi connectivity index (χ3n) is 7.26. The molecule has 0 unspecified atom stereocenters. The van der Waals surface area contributed by atoms with Crippen LogP contribution in [0.4, 0.5) is 17.1 Å². The van der Waals surface area contributed by atoms with Crippen molar-refractivity contribution in [2.75, 3.05) is 5.43 Å². The Labute approximate surface area is 155 Å². The second kappa shape index (κ2) is 5.48. The molecule has 4 atom stereocenters. The van der Waals surface area contributed by atoms with E-state index in [9.17, 15) is 20.2 Å². The Morgan fingerprint density at radius 1 is 1.15 bits per heavy atom. The predicted molar refractivity (Wildman–Crippen MR) is 96.7 cm³/mol. The highest BCUT2D eigenvalue weighted by Gasteiger charge is 2.73. The lowest BCUT2D eigenvalue weighted by Crippen LogP contribution is -2.62. The fourth-order valence-electron chi connectivity index (χ4n) is 5.97. The Morgan fingerprint density at radius 2 is 1.96 bits per heavy atom. The first-order valence-electron chi connectivity index (χ1n) is 9.35. The van der Waals surface area contributed by atoms with Gasteiger partial charge in [0.15, 0.2) is 0 Å². The number of hydrogen-bond donors (Lipinski definition) is 1. The average Bonchev–Trinajstić information content (AvgIpc) is 2.78. The highest BCUT2D eigenvalue weighted by atomic mass is 16.6. The summed E-state index contributed by atoms with van der Waals surface area (Å²) in [7, 11) is 0. The van der Waals surface area contributed by atoms with Gasteiger partial charge in [-0.3, -0.25) is 25.7 Å². The van der Waals surface area contributed by atoms with Crippen LogP contribution in [0.3, 0.4) is 0 Å². The molecule has 142 valence electrons. The molecule has 1 heterocycles. The minimum absolute atomic E-state index is 0.0201. The van der Waals surface area contributed by atoms with Crippen molar-refractivity contribution < 1.29 is 14.6 Å². The molecule has 0 radical (unpaired) electrons. The summed E-state index contributed by atoms with van der Waals surface area (Å²) in [6.07, 6.45) is 8.25. The molecule has 1 saturated heterocycles. The fourth-order valence-corrected chi connectivity index (χ4v) is 5.97. The highest BCUT2D eigenvalue weighted by Crippen LogP contribution is 2.74. The average molecular weight is 372 g/mol. The van der Waals surface area contributed by atoms with Gasteiger partial charge in [0, 0.05) is 11.5 Å². The molecule has 1 aromatic carbocycles. The van der Waals surface area contributed by atoms with Crippen LogP contribution in [0.2, 0.25) is 0 Å². The van der Waals surface area contributed by atoms with Gasteiger partial charge in [0.05, 0.1) is 33.8 Å². The number of nitro benzene ring substituents is 2. The first kappa shape index (κ1) is 16.6. The maximum Gasteiger partial charge on any atom is 0.301 e. The lowest BCUT2D eigenvalue weighted by atomic mass is 9.39. The zero-order valence-corrected chi connectivity index (χ0v) is 14.7. The van der Waals surface area contributed by atoms with Crippen molar-refractivity contribution in [2.45, 2.75) is 57.2 Å². The summed E-state index contributed by atoms with van der Waals surface area (Å²) in [5.74, 6) is 0. The molecule has 3 aliphatic carbocycles. The highest BCUT2D eigenvalue weighted by molar-refractivity contribution is 5.92. The van der Waals surface area contributed by atoms with Crippen molar-refractivity contribution in [3.05, 3.63) is 38.4 Å². The topological polar surface area (TPSA) is 120 Å². The minimum Gasteiger partial charge on any atom is -0.368 e. The van der Waals surface area contributed by atoms with E-state index in [1.807, 2.05) is 0 Å². The van der Waals surface area contributed by atoms with Gasteiger partial charge in [0.2, 0.25) is 0 Å². The molecule has 4 fully saturated rings. The van der Waals surface area contributed by atoms with Gasteiger partial charge >= 0.3 is 5.69 Å². The van der Waals surface area contributed by atoms with Gasteiger partial charge in [-0.05, 0) is 43.6 Å². The summed E-state index contributed by atoms with van der Waals surface area (Å²) in [4.78, 5) is 20.9. The van der Waals surface area contributed by atoms with Crippen LogP contribution < -0.4 is 5.43 Å². The van der Waals surface area contributed by atoms with E-state index < -0.39 is 9.85 Å². The van der Waals surface area contributed by atoms with Gasteiger partial charge in [-0.25, -0.2) is 0 Å². The van der Waals surface area contributed by atoms with Gasteiger partial charge in [-0.1, -0.05) is 12.8 Å². The van der Waals surface area contributed by atoms with E-state index in [2.05, 4.69) is 10.5 Å². The molecule has 0 amide bonds. The van der Waals surface area contributed by atoms with Crippen molar-refractivity contribution in [1.82, 2.24) is 0 Å². The van der Waals surface area contributed by atoms with Crippen molar-refractivity contribution in [3.63, 3.8) is 0 Å². The molecule has 9 nitrogen and oxygen atoms in total. The number of hydrazone groups is 1. The van der Waals surface area contributed by atoms with Crippen LogP contribution in [-0.4, -0.2) is 27.8 Å². The lowest BCUT2D eigenvalue weighted by Gasteiger charge is -2.64. The predicted octanol–water partition coefficient (Wildman–Crippen LogP) is 3.78. The lowest BCUT2D eigenvalue weighted by molar-refractivity contribution is -0.393. The second-order valence-electron chi connectivity index (χ2n) is 8.27. The number of benzene rings is 1. The van der Waals surface area contributed by atoms with Gasteiger partial charge in [0.25, 0.3) is 5.69 Å². The van der Waals surface area contributed by atoms with E-state index in [1.54, 1.807) is 0 Å². The number of anilines is 1. The molecule has 27 heavy (non-hydrogen) atoms. The summed E-state index contributed by atoms with van der Waals surface area (Å²) in [6, 6.07) is 3.53. The second-order valence-corrected chi connectivity index (χ2v) is 8.27. The van der Waals surface area contributed by atoms with Crippen molar-refractivity contribution in [3.8, 4) is 0 Å². The fraction of sp³-hybridized carbons (Fsp3) is 0.611. The smallest absolute Gasteiger partial charge is 0.301 e. The number of nitrogens with zero attached hydrogens (tertiary/aromatic N) is 3. The SMILES string of the molecule is O=[N+]([O-])c1ccc(N/N=C2/C[C@]34CCCC[C@@]35C[C@@H]2O[C@@H]5C4)c([N+](=O)[O-])c1. The largest absolute Gasteiger partial charge is 0.368 e. The molecule has 2 bridgehead atoms. The Hall–Kier alpha value is -2.55. The Kier molecular flexibility index (Phi) is 3.37. The number of fused-ring (bicyclic) bond motifs is 1. The van der Waals surface area contributed by atoms with Crippen molar-refractivity contribution in [2.24, 2.45) is 15.9 Å². The van der Waals surface area contributed by atoms with Gasteiger partial charge < -0.3 is 4.74 Å². The molecular weight excluding hydrogens is 352 g/mol. The molecule has 1 spiro atoms. The van der Waals surface area contributed by atoms with Crippen LogP contribution in [0.25, 0.3) is 0 Å². The summed E-state index contributed by atoms with van der Waals surface area (Å²) in [5.41, 5.74) is 3.80. The Morgan fingerprint density at radius 3 is 2.74 bits per heavy atom. The normalized spacial score (nSPS) is 37.4. The first-order valence-corrected chi connectivity index (χ1v) is 9.35. The number of nitrogens with one attached hydrogen (secondary N) is 1. The first-order chi connectivity index (χ1) is 12.9. The maximum absolute atomic E-state index is 11.3. The molecule has 1 aliphatic heterocycles. The van der Waals surface area contributed by atoms with Crippen LogP contribution in [-0.2, 0) is 4.74 Å². The van der Waals surface area contributed by atoms with E-state index in [-0.39, 0.29) is 28.6 Å². The molecule has 0 aromatic heterocycles. The number of nitro groups is 2. The van der Waals surface area contributed by atoms with Crippen LogP contribution in [0, 0.1) is 31.1 Å². The molecule has 3 saturated carbocycles. The number of non-ortho nitro benzene ring substituents is 1. The van der Waals surface area contributed by atoms with Crippen molar-refractivity contribution in [1.29, 1.82) is 0 Å². The molecule has 4 aliphatic rings. The molecule has 5 rings (SSSR count). The van der Waals surface area contributed by atoms with Crippen LogP contribution in [0.15, 0.2) is 23.3 Å². The minimum atomic E-state index is -0.648. The van der Waals surface area contributed by atoms with E-state index in [0.29, 0.717) is 11.5 Å². The quantitative estimate of drug-likeness (QED) is 0.634. The standard InChI is InChI=1S/C18H20N4O5/c23-21(24)11-3-4-12(14(7-11)22(25)26)19-20-13-8-17-5-1-2-6-18(17)9-15(13)27-16(18)10-17/h3-4,7,15-16,19H,1-2,5-6,8-10H2/b20-13-/t15-,16+,17-,18-/m0/s1.